The lowest BCUT2D eigenvalue weighted by molar-refractivity contribution is 0.234. The van der Waals surface area contributed by atoms with E-state index < -0.39 is 0 Å². The van der Waals surface area contributed by atoms with Crippen molar-refractivity contribution in [2.75, 3.05) is 26.8 Å². The largest absolute Gasteiger partial charge is 0.381 e. The lowest BCUT2D eigenvalue weighted by Crippen LogP contribution is -2.20. The number of unbranched alkanes of at least 4 members (excludes halogenated alkanes) is 1. The Morgan fingerprint density at radius 1 is 1.24 bits per heavy atom. The Morgan fingerprint density at radius 3 is 2.33 bits per heavy atom. The van der Waals surface area contributed by atoms with Crippen molar-refractivity contribution in [3.63, 3.8) is 0 Å². The van der Waals surface area contributed by atoms with Gasteiger partial charge < -0.3 is 9.64 Å². The molecule has 0 aliphatic heterocycles. The first-order valence-corrected chi connectivity index (χ1v) is 7.98. The Balaban J connectivity index is 0. The Labute approximate surface area is 132 Å². The molecule has 0 heterocycles. The van der Waals surface area contributed by atoms with E-state index in [1.807, 2.05) is 0 Å². The number of hydrogen-bond acceptors (Lipinski definition) is 2. The third-order valence-electron chi connectivity index (χ3n) is 2.77. The van der Waals surface area contributed by atoms with Crippen molar-refractivity contribution in [2.24, 2.45) is 0 Å². The summed E-state index contributed by atoms with van der Waals surface area (Å²) in [5, 5.41) is 0. The number of allylic oxidation sites excluding steroid dienone is 3. The van der Waals surface area contributed by atoms with Gasteiger partial charge in [-0.3, -0.25) is 0 Å². The maximum atomic E-state index is 4.57. The first-order valence-electron chi connectivity index (χ1n) is 7.98. The third-order valence-corrected chi connectivity index (χ3v) is 2.77. The molecule has 0 spiro atoms. The molecule has 0 N–H and O–H groups in total. The predicted octanol–water partition coefficient (Wildman–Crippen LogP) is 5.35. The Bertz CT molecular complexity index is 303. The average Bonchev–Trinajstić information content (AvgIpc) is 2.50. The zero-order valence-electron chi connectivity index (χ0n) is 14.8. The summed E-state index contributed by atoms with van der Waals surface area (Å²) in [7, 11) is 1.64. The van der Waals surface area contributed by atoms with Crippen molar-refractivity contribution in [3.8, 4) is 0 Å². The summed E-state index contributed by atoms with van der Waals surface area (Å²) in [5.41, 5.74) is 1.40. The lowest BCUT2D eigenvalue weighted by atomic mass is 10.2. The van der Waals surface area contributed by atoms with Crippen LogP contribution in [0.2, 0.25) is 0 Å². The Kier molecular flexibility index (Phi) is 19.6. The van der Waals surface area contributed by atoms with Gasteiger partial charge in [0.15, 0.2) is 0 Å². The number of methoxy groups -OCH3 is 1. The van der Waals surface area contributed by atoms with Crippen LogP contribution in [0.4, 0.5) is 0 Å². The molecule has 0 radical (unpaired) electrons. The Hall–Kier alpha value is -1.28. The fourth-order valence-electron chi connectivity index (χ4n) is 1.64. The topological polar surface area (TPSA) is 12.5 Å². The van der Waals surface area contributed by atoms with Crippen molar-refractivity contribution >= 4 is 0 Å². The molecule has 2 nitrogen and oxygen atoms in total. The first-order chi connectivity index (χ1) is 10.2. The van der Waals surface area contributed by atoms with Crippen molar-refractivity contribution in [1.29, 1.82) is 0 Å². The zero-order valence-corrected chi connectivity index (χ0v) is 14.8. The van der Waals surface area contributed by atoms with Gasteiger partial charge in [-0.2, -0.15) is 0 Å². The summed E-state index contributed by atoms with van der Waals surface area (Å²) in [6.07, 6.45) is 16.3. The van der Waals surface area contributed by atoms with Gasteiger partial charge in [0.1, 0.15) is 0 Å². The molecule has 0 fully saturated rings. The first kappa shape index (κ1) is 22.0. The molecule has 0 aromatic heterocycles. The second kappa shape index (κ2) is 18.7. The van der Waals surface area contributed by atoms with E-state index in [1.54, 1.807) is 13.2 Å². The minimum Gasteiger partial charge on any atom is -0.381 e. The molecule has 0 unspecified atom stereocenters. The number of ether oxygens (including phenoxy) is 1. The summed E-state index contributed by atoms with van der Waals surface area (Å²) in [4.78, 5) is 2.39. The van der Waals surface area contributed by atoms with Gasteiger partial charge in [0.2, 0.25) is 0 Å². The number of rotatable bonds is 10. The van der Waals surface area contributed by atoms with Gasteiger partial charge in [-0.25, -0.2) is 0 Å². The molecule has 0 saturated heterocycles. The predicted molar refractivity (Wildman–Crippen MR) is 96.6 cm³/mol. The number of nitrogens with zero attached hydrogens (tertiary/aromatic N) is 1. The van der Waals surface area contributed by atoms with Crippen LogP contribution >= 0.6 is 0 Å². The molecule has 21 heavy (non-hydrogen) atoms. The van der Waals surface area contributed by atoms with E-state index in [-0.39, 0.29) is 0 Å². The summed E-state index contributed by atoms with van der Waals surface area (Å²) < 4.78 is 4.57. The van der Waals surface area contributed by atoms with Gasteiger partial charge in [-0.1, -0.05) is 50.6 Å². The fraction of sp³-hybridized carbons (Fsp3) is 0.579. The van der Waals surface area contributed by atoms with Crippen molar-refractivity contribution in [2.45, 2.75) is 47.0 Å². The highest BCUT2D eigenvalue weighted by molar-refractivity contribution is 5.20. The maximum absolute atomic E-state index is 4.57. The van der Waals surface area contributed by atoms with Crippen LogP contribution < -0.4 is 0 Å². The normalized spacial score (nSPS) is 11.6. The van der Waals surface area contributed by atoms with Crippen LogP contribution in [0.3, 0.4) is 0 Å². The maximum Gasteiger partial charge on any atom is 0.0641 e. The van der Waals surface area contributed by atoms with Crippen LogP contribution in [0.5, 0.6) is 0 Å². The van der Waals surface area contributed by atoms with Crippen molar-refractivity contribution < 1.29 is 4.74 Å². The van der Waals surface area contributed by atoms with E-state index in [9.17, 15) is 0 Å². The molecule has 0 rings (SSSR count). The van der Waals surface area contributed by atoms with E-state index in [0.717, 1.165) is 19.5 Å². The third kappa shape index (κ3) is 16.7. The highest BCUT2D eigenvalue weighted by atomic mass is 16.5. The summed E-state index contributed by atoms with van der Waals surface area (Å²) >= 11 is 0. The molecule has 0 atom stereocenters. The van der Waals surface area contributed by atoms with Crippen LogP contribution in [0.25, 0.3) is 0 Å². The summed E-state index contributed by atoms with van der Waals surface area (Å²) in [6.45, 7) is 14.9. The quantitative estimate of drug-likeness (QED) is 0.397. The van der Waals surface area contributed by atoms with Gasteiger partial charge >= 0.3 is 0 Å². The van der Waals surface area contributed by atoms with Gasteiger partial charge in [0.25, 0.3) is 0 Å². The summed E-state index contributed by atoms with van der Waals surface area (Å²) in [5.74, 6) is 0. The van der Waals surface area contributed by atoms with E-state index in [1.165, 1.54) is 18.4 Å². The minimum absolute atomic E-state index is 0.653. The van der Waals surface area contributed by atoms with Gasteiger partial charge in [-0.15, -0.1) is 6.58 Å². The standard InChI is InChI=1S/C15H27N.C4H8O/c1-5-9-11-15(8-4)14-16(12-7-3)13-10-6-2;1-3-4-5-2/h7-9,11-12H,5-6,10,13-14H2,1-4H3;3H,1,4H2,2H3/b11-9-,12-7+,15-8+;. The minimum atomic E-state index is 0.653. The zero-order chi connectivity index (χ0) is 16.3. The van der Waals surface area contributed by atoms with E-state index >= 15 is 0 Å². The molecule has 0 aliphatic carbocycles. The second-order valence-electron chi connectivity index (χ2n) is 4.72. The molecule has 0 bridgehead atoms. The van der Waals surface area contributed by atoms with Gasteiger partial charge in [0.05, 0.1) is 6.61 Å². The SMILES string of the molecule is C/C=C/N(CCCC)CC(/C=C\CC)=C/C.C=CCOC. The van der Waals surface area contributed by atoms with Gasteiger partial charge in [-0.05, 0) is 38.5 Å². The molecular weight excluding hydrogens is 258 g/mol. The highest BCUT2D eigenvalue weighted by Gasteiger charge is 1.99. The molecule has 0 amide bonds. The van der Waals surface area contributed by atoms with E-state index in [0.29, 0.717) is 6.61 Å². The van der Waals surface area contributed by atoms with E-state index in [2.05, 4.69) is 74.4 Å². The van der Waals surface area contributed by atoms with Crippen molar-refractivity contribution in [3.05, 3.63) is 48.7 Å². The molecular formula is C19H35NO. The van der Waals surface area contributed by atoms with Crippen LogP contribution in [0.1, 0.15) is 47.0 Å². The summed E-state index contributed by atoms with van der Waals surface area (Å²) in [6, 6.07) is 0. The molecule has 0 saturated carbocycles. The van der Waals surface area contributed by atoms with Crippen LogP contribution in [-0.2, 0) is 4.74 Å². The molecule has 2 heteroatoms. The molecule has 0 aromatic carbocycles. The van der Waals surface area contributed by atoms with Crippen LogP contribution in [-0.4, -0.2) is 31.7 Å². The van der Waals surface area contributed by atoms with E-state index in [4.69, 9.17) is 0 Å². The Morgan fingerprint density at radius 2 is 1.95 bits per heavy atom. The van der Waals surface area contributed by atoms with Crippen LogP contribution in [0.15, 0.2) is 48.7 Å². The van der Waals surface area contributed by atoms with Gasteiger partial charge in [0, 0.05) is 20.2 Å². The monoisotopic (exact) mass is 293 g/mol. The molecule has 0 aromatic rings. The van der Waals surface area contributed by atoms with Crippen LogP contribution in [0, 0.1) is 0 Å². The smallest absolute Gasteiger partial charge is 0.0641 e. The number of hydrogen-bond donors (Lipinski definition) is 0. The average molecular weight is 293 g/mol. The molecule has 0 aliphatic rings. The highest BCUT2D eigenvalue weighted by Crippen LogP contribution is 2.05. The second-order valence-corrected chi connectivity index (χ2v) is 4.72. The fourth-order valence-corrected chi connectivity index (χ4v) is 1.64. The molecule has 122 valence electrons. The lowest BCUT2D eigenvalue weighted by Gasteiger charge is -2.20. The van der Waals surface area contributed by atoms with Crippen molar-refractivity contribution in [1.82, 2.24) is 4.90 Å².